The Bertz CT molecular complexity index is 2700. The molecule has 0 unspecified atom stereocenters. The summed E-state index contributed by atoms with van der Waals surface area (Å²) < 4.78 is 48.1. The van der Waals surface area contributed by atoms with Crippen LogP contribution in [0.5, 0.6) is 0 Å². The second kappa shape index (κ2) is 11.1. The van der Waals surface area contributed by atoms with Crippen LogP contribution in [0.15, 0.2) is 103 Å². The topological polar surface area (TPSA) is 38.0 Å². The summed E-state index contributed by atoms with van der Waals surface area (Å²) in [6, 6.07) is 34.0. The van der Waals surface area contributed by atoms with Gasteiger partial charge in [0.15, 0.2) is 5.69 Å². The first-order valence-electron chi connectivity index (χ1n) is 16.2. The Morgan fingerprint density at radius 2 is 1.08 bits per heavy atom. The zero-order valence-corrected chi connectivity index (χ0v) is 27.7. The largest absolute Gasteiger partial charge is 0.415 e. The fourth-order valence-electron chi connectivity index (χ4n) is 7.40. The third kappa shape index (κ3) is 4.66. The van der Waals surface area contributed by atoms with Crippen molar-refractivity contribution in [3.63, 3.8) is 0 Å². The standard InChI is InChI=1S/C43H29F3N4/c1-24-9-13-30-31-14-10-25(2)18-37(31)49(36(30)17-24)40-22-28(41-34(43(44,45)46)7-6-8-35(41)48-5)21-29(23-47)42(40)50-38-19-26(3)11-15-32(38)33-16-12-27(4)20-39(33)50/h6-22H,1-4H3. The monoisotopic (exact) mass is 658 g/mol. The molecule has 50 heavy (non-hydrogen) atoms. The van der Waals surface area contributed by atoms with E-state index in [1.54, 1.807) is 6.07 Å². The molecular formula is C43H29F3N4. The van der Waals surface area contributed by atoms with Gasteiger partial charge in [-0.3, -0.25) is 0 Å². The zero-order chi connectivity index (χ0) is 35.1. The number of nitriles is 1. The van der Waals surface area contributed by atoms with Crippen LogP contribution in [0, 0.1) is 45.6 Å². The molecule has 0 aliphatic carbocycles. The van der Waals surface area contributed by atoms with Crippen molar-refractivity contribution in [2.45, 2.75) is 33.9 Å². The molecule has 0 spiro atoms. The molecule has 0 N–H and O–H groups in total. The van der Waals surface area contributed by atoms with Crippen LogP contribution >= 0.6 is 0 Å². The molecule has 242 valence electrons. The van der Waals surface area contributed by atoms with Gasteiger partial charge in [-0.15, -0.1) is 0 Å². The van der Waals surface area contributed by atoms with E-state index in [0.717, 1.165) is 71.9 Å². The number of alkyl halides is 3. The van der Waals surface area contributed by atoms with Gasteiger partial charge in [0, 0.05) is 21.5 Å². The second-order valence-electron chi connectivity index (χ2n) is 13.1. The van der Waals surface area contributed by atoms with E-state index >= 15 is 0 Å². The van der Waals surface area contributed by atoms with Crippen molar-refractivity contribution in [3.8, 4) is 28.6 Å². The third-order valence-electron chi connectivity index (χ3n) is 9.59. The zero-order valence-electron chi connectivity index (χ0n) is 27.7. The van der Waals surface area contributed by atoms with Crippen molar-refractivity contribution in [2.24, 2.45) is 0 Å². The molecule has 0 aliphatic heterocycles. The summed E-state index contributed by atoms with van der Waals surface area (Å²) in [5.74, 6) is 0. The van der Waals surface area contributed by atoms with Crippen LogP contribution in [0.2, 0.25) is 0 Å². The summed E-state index contributed by atoms with van der Waals surface area (Å²) in [6.07, 6.45) is -4.73. The molecule has 7 heteroatoms. The minimum absolute atomic E-state index is 0.139. The van der Waals surface area contributed by atoms with E-state index in [-0.39, 0.29) is 22.4 Å². The van der Waals surface area contributed by atoms with Gasteiger partial charge in [-0.1, -0.05) is 66.7 Å². The highest BCUT2D eigenvalue weighted by Gasteiger charge is 2.35. The van der Waals surface area contributed by atoms with Crippen LogP contribution in [-0.2, 0) is 6.18 Å². The van der Waals surface area contributed by atoms with Gasteiger partial charge in [0.25, 0.3) is 0 Å². The van der Waals surface area contributed by atoms with Gasteiger partial charge < -0.3 is 9.13 Å². The molecule has 8 rings (SSSR count). The minimum atomic E-state index is -4.73. The lowest BCUT2D eigenvalue weighted by Crippen LogP contribution is -2.09. The van der Waals surface area contributed by atoms with Crippen molar-refractivity contribution in [1.29, 1.82) is 5.26 Å². The van der Waals surface area contributed by atoms with E-state index in [4.69, 9.17) is 6.57 Å². The van der Waals surface area contributed by atoms with Crippen LogP contribution in [-0.4, -0.2) is 9.13 Å². The number of aromatic nitrogens is 2. The molecule has 2 heterocycles. The Labute approximate surface area is 286 Å². The van der Waals surface area contributed by atoms with Gasteiger partial charge in [0.05, 0.1) is 51.1 Å². The van der Waals surface area contributed by atoms with Crippen LogP contribution < -0.4 is 0 Å². The van der Waals surface area contributed by atoms with E-state index < -0.39 is 11.7 Å². The lowest BCUT2D eigenvalue weighted by atomic mass is 9.94. The number of fused-ring (bicyclic) bond motifs is 6. The number of benzene rings is 6. The Balaban J connectivity index is 1.64. The number of aryl methyl sites for hydroxylation is 4. The van der Waals surface area contributed by atoms with Crippen molar-refractivity contribution < 1.29 is 13.2 Å². The number of hydrogen-bond donors (Lipinski definition) is 0. The van der Waals surface area contributed by atoms with Crippen LogP contribution in [0.25, 0.3) is 71.0 Å². The summed E-state index contributed by atoms with van der Waals surface area (Å²) in [4.78, 5) is 3.52. The molecule has 4 nitrogen and oxygen atoms in total. The van der Waals surface area contributed by atoms with Gasteiger partial charge in [0.1, 0.15) is 6.07 Å². The molecule has 0 radical (unpaired) electrons. The molecule has 0 fully saturated rings. The van der Waals surface area contributed by atoms with Crippen molar-refractivity contribution >= 4 is 49.3 Å². The van der Waals surface area contributed by atoms with Gasteiger partial charge in [-0.25, -0.2) is 4.85 Å². The third-order valence-corrected chi connectivity index (χ3v) is 9.59. The lowest BCUT2D eigenvalue weighted by molar-refractivity contribution is -0.137. The highest BCUT2D eigenvalue weighted by molar-refractivity contribution is 6.12. The normalized spacial score (nSPS) is 11.9. The summed E-state index contributed by atoms with van der Waals surface area (Å²) in [6.45, 7) is 15.9. The fraction of sp³-hybridized carbons (Fsp3) is 0.116. The average molecular weight is 659 g/mol. The number of hydrogen-bond acceptors (Lipinski definition) is 1. The van der Waals surface area contributed by atoms with Gasteiger partial charge in [-0.05, 0) is 97.5 Å². The Hall–Kier alpha value is -6.31. The predicted molar refractivity (Wildman–Crippen MR) is 195 cm³/mol. The number of nitrogens with zero attached hydrogens (tertiary/aromatic N) is 4. The first-order valence-corrected chi connectivity index (χ1v) is 16.2. The van der Waals surface area contributed by atoms with Crippen LogP contribution in [0.3, 0.4) is 0 Å². The second-order valence-corrected chi connectivity index (χ2v) is 13.1. The Morgan fingerprint density at radius 1 is 0.620 bits per heavy atom. The van der Waals surface area contributed by atoms with E-state index in [9.17, 15) is 18.4 Å². The highest BCUT2D eigenvalue weighted by Crippen LogP contribution is 2.46. The predicted octanol–water partition coefficient (Wildman–Crippen LogP) is 12.2. The first-order chi connectivity index (χ1) is 24.0. The quantitative estimate of drug-likeness (QED) is 0.174. The lowest BCUT2D eigenvalue weighted by Gasteiger charge is -2.22. The maximum Gasteiger partial charge on any atom is 0.415 e. The van der Waals surface area contributed by atoms with Crippen molar-refractivity contribution in [3.05, 3.63) is 148 Å². The molecule has 0 amide bonds. The maximum absolute atomic E-state index is 14.7. The van der Waals surface area contributed by atoms with E-state index in [1.165, 1.54) is 18.2 Å². The Morgan fingerprint density at radius 3 is 1.50 bits per heavy atom. The van der Waals surface area contributed by atoms with Crippen LogP contribution in [0.1, 0.15) is 33.4 Å². The average Bonchev–Trinajstić information content (AvgIpc) is 3.56. The Kier molecular flexibility index (Phi) is 6.89. The van der Waals surface area contributed by atoms with Crippen molar-refractivity contribution in [1.82, 2.24) is 9.13 Å². The highest BCUT2D eigenvalue weighted by atomic mass is 19.4. The van der Waals surface area contributed by atoms with Crippen molar-refractivity contribution in [2.75, 3.05) is 0 Å². The minimum Gasteiger partial charge on any atom is -0.307 e. The van der Waals surface area contributed by atoms with Gasteiger partial charge >= 0.3 is 6.18 Å². The summed E-state index contributed by atoms with van der Waals surface area (Å²) in [7, 11) is 0. The first kappa shape index (κ1) is 31.0. The van der Waals surface area contributed by atoms with E-state index in [1.807, 2.05) is 39.8 Å². The maximum atomic E-state index is 14.7. The molecule has 0 saturated carbocycles. The molecular weight excluding hydrogens is 629 g/mol. The fourth-order valence-corrected chi connectivity index (χ4v) is 7.40. The van der Waals surface area contributed by atoms with Gasteiger partial charge in [0.2, 0.25) is 0 Å². The summed E-state index contributed by atoms with van der Waals surface area (Å²) in [5, 5.41) is 14.9. The molecule has 0 saturated heterocycles. The van der Waals surface area contributed by atoms with E-state index in [2.05, 4.69) is 80.7 Å². The molecule has 0 aliphatic rings. The van der Waals surface area contributed by atoms with Crippen LogP contribution in [0.4, 0.5) is 18.9 Å². The molecule has 0 atom stereocenters. The van der Waals surface area contributed by atoms with Gasteiger partial charge in [-0.2, -0.15) is 18.4 Å². The summed E-state index contributed by atoms with van der Waals surface area (Å²) >= 11 is 0. The molecule has 2 aromatic heterocycles. The summed E-state index contributed by atoms with van der Waals surface area (Å²) in [5.41, 5.74) is 7.63. The van der Waals surface area contributed by atoms with E-state index in [0.29, 0.717) is 11.4 Å². The molecule has 0 bridgehead atoms. The molecule has 8 aromatic rings. The number of halogens is 3. The SMILES string of the molecule is [C-]#[N+]c1cccc(C(F)(F)F)c1-c1cc(C#N)c(-n2c3cc(C)ccc3c3ccc(C)cc32)c(-n2c3cc(C)ccc3c3ccc(C)cc32)c1. The molecule has 6 aromatic carbocycles. The number of rotatable bonds is 3. The smallest absolute Gasteiger partial charge is 0.307 e.